The van der Waals surface area contributed by atoms with Crippen LogP contribution >= 0.6 is 0 Å². The van der Waals surface area contributed by atoms with E-state index in [1.807, 2.05) is 0 Å². The molecule has 1 unspecified atom stereocenters. The Morgan fingerprint density at radius 3 is 2.61 bits per heavy atom. The molecule has 1 heterocycles. The van der Waals surface area contributed by atoms with Crippen molar-refractivity contribution in [2.75, 3.05) is 13.1 Å². The van der Waals surface area contributed by atoms with Crippen molar-refractivity contribution in [2.45, 2.75) is 50.0 Å². The maximum Gasteiger partial charge on any atom is 0.0653 e. The Morgan fingerprint density at radius 2 is 2.00 bits per heavy atom. The first kappa shape index (κ1) is 12.2. The van der Waals surface area contributed by atoms with E-state index in [1.165, 1.54) is 30.5 Å². The van der Waals surface area contributed by atoms with Gasteiger partial charge >= 0.3 is 0 Å². The molecule has 1 aromatic carbocycles. The van der Waals surface area contributed by atoms with Crippen molar-refractivity contribution in [1.29, 1.82) is 0 Å². The summed E-state index contributed by atoms with van der Waals surface area (Å²) in [6, 6.07) is 9.05. The number of aliphatic hydroxyl groups is 1. The second-order valence-corrected chi connectivity index (χ2v) is 6.01. The van der Waals surface area contributed by atoms with Crippen molar-refractivity contribution in [3.8, 4) is 0 Å². The summed E-state index contributed by atoms with van der Waals surface area (Å²) < 4.78 is 0. The molecule has 1 aromatic rings. The monoisotopic (exact) mass is 245 g/mol. The summed E-state index contributed by atoms with van der Waals surface area (Å²) in [5.41, 5.74) is 2.52. The molecule has 2 fully saturated rings. The summed E-state index contributed by atoms with van der Waals surface area (Å²) in [7, 11) is 0. The standard InChI is InChI=1S/C16H23NO/c18-16(9-10-16)8-7-13-3-5-14(6-4-13)15-2-1-11-17-12-15/h3-6,15,17-18H,1-2,7-12H2. The fourth-order valence-electron chi connectivity index (χ4n) is 2.86. The van der Waals surface area contributed by atoms with Crippen LogP contribution in [0, 0.1) is 0 Å². The number of aryl methyl sites for hydroxylation is 1. The van der Waals surface area contributed by atoms with Crippen LogP contribution in [0.5, 0.6) is 0 Å². The van der Waals surface area contributed by atoms with Crippen molar-refractivity contribution in [3.63, 3.8) is 0 Å². The molecule has 0 amide bonds. The Hall–Kier alpha value is -0.860. The second-order valence-electron chi connectivity index (χ2n) is 6.01. The lowest BCUT2D eigenvalue weighted by molar-refractivity contribution is 0.140. The maximum absolute atomic E-state index is 9.84. The van der Waals surface area contributed by atoms with E-state index in [0.717, 1.165) is 32.2 Å². The van der Waals surface area contributed by atoms with E-state index < -0.39 is 0 Å². The third-order valence-electron chi connectivity index (χ3n) is 4.45. The van der Waals surface area contributed by atoms with Crippen LogP contribution in [-0.4, -0.2) is 23.8 Å². The lowest BCUT2D eigenvalue weighted by Crippen LogP contribution is -2.28. The van der Waals surface area contributed by atoms with Crippen molar-refractivity contribution in [3.05, 3.63) is 35.4 Å². The van der Waals surface area contributed by atoms with Gasteiger partial charge in [0.05, 0.1) is 5.60 Å². The molecule has 18 heavy (non-hydrogen) atoms. The Bertz CT molecular complexity index is 388. The zero-order valence-electron chi connectivity index (χ0n) is 11.0. The predicted octanol–water partition coefficient (Wildman–Crippen LogP) is 2.61. The SMILES string of the molecule is OC1(CCc2ccc(C3CCCNC3)cc2)CC1. The Kier molecular flexibility index (Phi) is 3.40. The van der Waals surface area contributed by atoms with Crippen LogP contribution in [0.3, 0.4) is 0 Å². The van der Waals surface area contributed by atoms with Crippen LogP contribution in [0.15, 0.2) is 24.3 Å². The third-order valence-corrected chi connectivity index (χ3v) is 4.45. The van der Waals surface area contributed by atoms with Gasteiger partial charge in [-0.05, 0) is 62.1 Å². The van der Waals surface area contributed by atoms with Gasteiger partial charge in [0.15, 0.2) is 0 Å². The fraction of sp³-hybridized carbons (Fsp3) is 0.625. The zero-order chi connectivity index (χ0) is 12.4. The van der Waals surface area contributed by atoms with Gasteiger partial charge in [-0.2, -0.15) is 0 Å². The van der Waals surface area contributed by atoms with Crippen molar-refractivity contribution >= 4 is 0 Å². The number of rotatable bonds is 4. The molecule has 2 N–H and O–H groups in total. The zero-order valence-corrected chi connectivity index (χ0v) is 11.0. The van der Waals surface area contributed by atoms with Crippen molar-refractivity contribution in [2.24, 2.45) is 0 Å². The largest absolute Gasteiger partial charge is 0.390 e. The van der Waals surface area contributed by atoms with Gasteiger partial charge in [-0.15, -0.1) is 0 Å². The lowest BCUT2D eigenvalue weighted by atomic mass is 9.90. The molecule has 0 spiro atoms. The summed E-state index contributed by atoms with van der Waals surface area (Å²) in [6.07, 6.45) is 6.54. The summed E-state index contributed by atoms with van der Waals surface area (Å²) >= 11 is 0. The van der Waals surface area contributed by atoms with E-state index in [0.29, 0.717) is 5.92 Å². The molecule has 98 valence electrons. The first-order valence-electron chi connectivity index (χ1n) is 7.27. The lowest BCUT2D eigenvalue weighted by Gasteiger charge is -2.23. The highest BCUT2D eigenvalue weighted by atomic mass is 16.3. The van der Waals surface area contributed by atoms with Crippen LogP contribution in [0.1, 0.15) is 49.1 Å². The van der Waals surface area contributed by atoms with Crippen LogP contribution < -0.4 is 5.32 Å². The first-order valence-corrected chi connectivity index (χ1v) is 7.27. The minimum absolute atomic E-state index is 0.314. The van der Waals surface area contributed by atoms with E-state index in [1.54, 1.807) is 0 Å². The van der Waals surface area contributed by atoms with E-state index in [-0.39, 0.29) is 5.60 Å². The summed E-state index contributed by atoms with van der Waals surface area (Å²) in [5, 5.41) is 13.3. The molecule has 1 aliphatic heterocycles. The van der Waals surface area contributed by atoms with Gasteiger partial charge in [-0.3, -0.25) is 0 Å². The molecule has 1 atom stereocenters. The van der Waals surface area contributed by atoms with E-state index in [2.05, 4.69) is 29.6 Å². The van der Waals surface area contributed by atoms with Gasteiger partial charge in [0.2, 0.25) is 0 Å². The van der Waals surface area contributed by atoms with Gasteiger partial charge in [-0.1, -0.05) is 24.3 Å². The quantitative estimate of drug-likeness (QED) is 0.854. The van der Waals surface area contributed by atoms with E-state index >= 15 is 0 Å². The molecule has 2 nitrogen and oxygen atoms in total. The van der Waals surface area contributed by atoms with Gasteiger partial charge in [0.1, 0.15) is 0 Å². The van der Waals surface area contributed by atoms with Crippen LogP contribution in [-0.2, 0) is 6.42 Å². The molecule has 0 bridgehead atoms. The normalized spacial score (nSPS) is 25.9. The highest BCUT2D eigenvalue weighted by Crippen LogP contribution is 2.39. The number of hydrogen-bond donors (Lipinski definition) is 2. The van der Waals surface area contributed by atoms with Gasteiger partial charge in [-0.25, -0.2) is 0 Å². The average Bonchev–Trinajstić information content (AvgIpc) is 3.17. The maximum atomic E-state index is 9.84. The first-order chi connectivity index (χ1) is 8.75. The molecule has 1 saturated carbocycles. The Morgan fingerprint density at radius 1 is 1.22 bits per heavy atom. The average molecular weight is 245 g/mol. The summed E-state index contributed by atoms with van der Waals surface area (Å²) in [4.78, 5) is 0. The predicted molar refractivity (Wildman–Crippen MR) is 73.8 cm³/mol. The molecule has 2 heteroatoms. The number of piperidine rings is 1. The molecule has 3 rings (SSSR count). The van der Waals surface area contributed by atoms with Crippen molar-refractivity contribution < 1.29 is 5.11 Å². The van der Waals surface area contributed by atoms with E-state index in [9.17, 15) is 5.11 Å². The minimum Gasteiger partial charge on any atom is -0.390 e. The molecule has 2 aliphatic rings. The van der Waals surface area contributed by atoms with Crippen LogP contribution in [0.2, 0.25) is 0 Å². The Balaban J connectivity index is 1.57. The van der Waals surface area contributed by atoms with Crippen LogP contribution in [0.25, 0.3) is 0 Å². The van der Waals surface area contributed by atoms with Gasteiger partial charge in [0, 0.05) is 6.54 Å². The highest BCUT2D eigenvalue weighted by molar-refractivity contribution is 5.26. The molecule has 0 aromatic heterocycles. The second kappa shape index (κ2) is 5.02. The smallest absolute Gasteiger partial charge is 0.0653 e. The molecular weight excluding hydrogens is 222 g/mol. The molecule has 0 radical (unpaired) electrons. The Labute approximate surface area is 109 Å². The minimum atomic E-state index is -0.314. The number of hydrogen-bond acceptors (Lipinski definition) is 2. The molecular formula is C16H23NO. The summed E-state index contributed by atoms with van der Waals surface area (Å²) in [5.74, 6) is 0.695. The van der Waals surface area contributed by atoms with E-state index in [4.69, 9.17) is 0 Å². The molecule has 1 saturated heterocycles. The third kappa shape index (κ3) is 2.93. The summed E-state index contributed by atoms with van der Waals surface area (Å²) in [6.45, 7) is 2.30. The van der Waals surface area contributed by atoms with Gasteiger partial charge in [0.25, 0.3) is 0 Å². The number of nitrogens with one attached hydrogen (secondary N) is 1. The van der Waals surface area contributed by atoms with Crippen LogP contribution in [0.4, 0.5) is 0 Å². The van der Waals surface area contributed by atoms with Gasteiger partial charge < -0.3 is 10.4 Å². The topological polar surface area (TPSA) is 32.3 Å². The highest BCUT2D eigenvalue weighted by Gasteiger charge is 2.39. The van der Waals surface area contributed by atoms with Crippen molar-refractivity contribution in [1.82, 2.24) is 5.32 Å². The fourth-order valence-corrected chi connectivity index (χ4v) is 2.86. The number of benzene rings is 1. The molecule has 1 aliphatic carbocycles.